The maximum atomic E-state index is 10.2. The maximum absolute atomic E-state index is 10.2. The maximum Gasteiger partial charge on any atom is 0.0577 e. The summed E-state index contributed by atoms with van der Waals surface area (Å²) in [6.07, 6.45) is 16.8. The van der Waals surface area contributed by atoms with E-state index in [4.69, 9.17) is 0 Å². The van der Waals surface area contributed by atoms with Gasteiger partial charge in [-0.05, 0) is 103 Å². The fourth-order valence-corrected chi connectivity index (χ4v) is 8.74. The topological polar surface area (TPSA) is 20.2 Å². The van der Waals surface area contributed by atoms with Crippen LogP contribution in [0.2, 0.25) is 0 Å². The number of hydrogen-bond donors (Lipinski definition) is 2. The van der Waals surface area contributed by atoms with Crippen molar-refractivity contribution in [1.29, 1.82) is 0 Å². The summed E-state index contributed by atoms with van der Waals surface area (Å²) in [7, 11) is 0. The molecule has 4 aliphatic carbocycles. The number of fused-ring (bicyclic) bond motifs is 5. The van der Waals surface area contributed by atoms with Crippen LogP contribution in [0.3, 0.4) is 0 Å². The number of aliphatic hydroxyl groups is 1. The average molecular weight is 405 g/mol. The third-order valence-corrected chi connectivity index (χ3v) is 10.4. The van der Waals surface area contributed by atoms with E-state index in [1.54, 1.807) is 5.57 Å². The molecule has 0 spiro atoms. The quantitative estimate of drug-likeness (QED) is 0.371. The molecule has 1 N–H and O–H groups in total. The highest BCUT2D eigenvalue weighted by molar-refractivity contribution is 7.80. The second kappa shape index (κ2) is 7.95. The van der Waals surface area contributed by atoms with Crippen molar-refractivity contribution >= 4 is 12.6 Å². The highest BCUT2D eigenvalue weighted by Crippen LogP contribution is 2.67. The van der Waals surface area contributed by atoms with Crippen LogP contribution in [0.1, 0.15) is 98.3 Å². The Balaban J connectivity index is 1.49. The van der Waals surface area contributed by atoms with Gasteiger partial charge in [-0.2, -0.15) is 12.6 Å². The van der Waals surface area contributed by atoms with Gasteiger partial charge in [-0.15, -0.1) is 0 Å². The number of aliphatic hydroxyl groups excluding tert-OH is 1. The molecule has 0 saturated heterocycles. The summed E-state index contributed by atoms with van der Waals surface area (Å²) in [5.74, 6) is 4.51. The Morgan fingerprint density at radius 1 is 1.07 bits per heavy atom. The van der Waals surface area contributed by atoms with E-state index in [1.165, 1.54) is 57.8 Å². The Labute approximate surface area is 179 Å². The van der Waals surface area contributed by atoms with Crippen molar-refractivity contribution in [2.75, 3.05) is 0 Å². The lowest BCUT2D eigenvalue weighted by molar-refractivity contribution is -0.0572. The van der Waals surface area contributed by atoms with E-state index in [9.17, 15) is 5.11 Å². The highest BCUT2D eigenvalue weighted by atomic mass is 32.1. The Hall–Kier alpha value is 0.0500. The van der Waals surface area contributed by atoms with Crippen molar-refractivity contribution in [3.8, 4) is 0 Å². The van der Waals surface area contributed by atoms with Gasteiger partial charge in [0.25, 0.3) is 0 Å². The minimum atomic E-state index is -0.0820. The molecule has 160 valence electrons. The van der Waals surface area contributed by atoms with Crippen LogP contribution in [0.5, 0.6) is 0 Å². The largest absolute Gasteiger partial charge is 0.393 e. The summed E-state index contributed by atoms with van der Waals surface area (Å²) >= 11 is 4.58. The van der Waals surface area contributed by atoms with Crippen LogP contribution >= 0.6 is 12.6 Å². The van der Waals surface area contributed by atoms with E-state index in [2.05, 4.69) is 46.4 Å². The molecule has 0 heterocycles. The van der Waals surface area contributed by atoms with Crippen LogP contribution in [0, 0.1) is 40.4 Å². The Kier molecular flexibility index (Phi) is 6.04. The van der Waals surface area contributed by atoms with Gasteiger partial charge in [0.05, 0.1) is 6.10 Å². The molecule has 0 aromatic carbocycles. The lowest BCUT2D eigenvalue weighted by Crippen LogP contribution is -2.50. The van der Waals surface area contributed by atoms with Gasteiger partial charge >= 0.3 is 0 Å². The SMILES string of the molecule is CC(S)CCC[C@@H](C)[C@H]1CC[C@H]2[C@@H]3CC=C4C[C@@H](O)CC[C@]4(C)[C@H]3CC[C@]12C. The molecule has 0 amide bonds. The monoisotopic (exact) mass is 404 g/mol. The molecule has 3 fully saturated rings. The second-order valence-corrected chi connectivity index (χ2v) is 12.5. The fraction of sp³-hybridized carbons (Fsp3) is 0.923. The van der Waals surface area contributed by atoms with Crippen LogP contribution in [0.4, 0.5) is 0 Å². The van der Waals surface area contributed by atoms with Gasteiger partial charge in [0.15, 0.2) is 0 Å². The third-order valence-electron chi connectivity index (χ3n) is 10.1. The molecular weight excluding hydrogens is 360 g/mol. The average Bonchev–Trinajstić information content (AvgIpc) is 2.99. The first kappa shape index (κ1) is 21.3. The van der Waals surface area contributed by atoms with Crippen molar-refractivity contribution < 1.29 is 5.11 Å². The summed E-state index contributed by atoms with van der Waals surface area (Å²) < 4.78 is 0. The van der Waals surface area contributed by atoms with E-state index in [0.29, 0.717) is 16.1 Å². The first-order valence-electron chi connectivity index (χ1n) is 12.3. The van der Waals surface area contributed by atoms with Crippen molar-refractivity contribution in [2.24, 2.45) is 40.4 Å². The van der Waals surface area contributed by atoms with Gasteiger partial charge in [0.1, 0.15) is 0 Å². The minimum absolute atomic E-state index is 0.0820. The first-order valence-corrected chi connectivity index (χ1v) is 12.8. The van der Waals surface area contributed by atoms with Gasteiger partial charge < -0.3 is 5.11 Å². The molecule has 28 heavy (non-hydrogen) atoms. The zero-order valence-electron chi connectivity index (χ0n) is 18.8. The molecule has 1 unspecified atom stereocenters. The molecule has 4 rings (SSSR count). The molecule has 0 aromatic heterocycles. The number of hydrogen-bond acceptors (Lipinski definition) is 2. The van der Waals surface area contributed by atoms with E-state index >= 15 is 0 Å². The van der Waals surface area contributed by atoms with Crippen LogP contribution in [-0.4, -0.2) is 16.5 Å². The third kappa shape index (κ3) is 3.53. The predicted octanol–water partition coefficient (Wildman–Crippen LogP) is 7.05. The number of allylic oxidation sites excluding steroid dienone is 1. The molecule has 0 aromatic rings. The molecule has 0 radical (unpaired) electrons. The Morgan fingerprint density at radius 2 is 1.86 bits per heavy atom. The van der Waals surface area contributed by atoms with Crippen LogP contribution in [-0.2, 0) is 0 Å². The van der Waals surface area contributed by atoms with Crippen molar-refractivity contribution in [2.45, 2.75) is 110 Å². The molecule has 1 nitrogen and oxygen atoms in total. The summed E-state index contributed by atoms with van der Waals surface area (Å²) in [6.45, 7) is 10.0. The molecular formula is C26H44OS. The Bertz CT molecular complexity index is 597. The van der Waals surface area contributed by atoms with E-state index in [1.807, 2.05) is 0 Å². The molecule has 9 atom stereocenters. The molecule has 2 heteroatoms. The van der Waals surface area contributed by atoms with Crippen LogP contribution in [0.25, 0.3) is 0 Å². The zero-order valence-corrected chi connectivity index (χ0v) is 19.7. The van der Waals surface area contributed by atoms with Crippen molar-refractivity contribution in [3.63, 3.8) is 0 Å². The van der Waals surface area contributed by atoms with Gasteiger partial charge in [-0.3, -0.25) is 0 Å². The number of rotatable bonds is 5. The molecule has 0 bridgehead atoms. The molecule has 4 aliphatic rings. The number of thiol groups is 1. The van der Waals surface area contributed by atoms with Gasteiger partial charge in [-0.25, -0.2) is 0 Å². The van der Waals surface area contributed by atoms with Gasteiger partial charge in [0, 0.05) is 0 Å². The minimum Gasteiger partial charge on any atom is -0.393 e. The fourth-order valence-electron chi connectivity index (χ4n) is 8.55. The summed E-state index contributed by atoms with van der Waals surface area (Å²) in [5.41, 5.74) is 2.57. The summed E-state index contributed by atoms with van der Waals surface area (Å²) in [5, 5.41) is 10.8. The lowest BCUT2D eigenvalue weighted by atomic mass is 9.47. The predicted molar refractivity (Wildman–Crippen MR) is 123 cm³/mol. The lowest BCUT2D eigenvalue weighted by Gasteiger charge is -2.58. The molecule has 3 saturated carbocycles. The van der Waals surface area contributed by atoms with Gasteiger partial charge in [0.2, 0.25) is 0 Å². The highest BCUT2D eigenvalue weighted by Gasteiger charge is 2.59. The summed E-state index contributed by atoms with van der Waals surface area (Å²) in [4.78, 5) is 0. The van der Waals surface area contributed by atoms with E-state index in [-0.39, 0.29) is 6.10 Å². The smallest absolute Gasteiger partial charge is 0.0577 e. The van der Waals surface area contributed by atoms with Gasteiger partial charge in [-0.1, -0.05) is 52.2 Å². The normalized spacial score (nSPS) is 47.5. The van der Waals surface area contributed by atoms with E-state index < -0.39 is 0 Å². The second-order valence-electron chi connectivity index (χ2n) is 11.6. The van der Waals surface area contributed by atoms with E-state index in [0.717, 1.165) is 42.4 Å². The first-order chi connectivity index (χ1) is 13.3. The van der Waals surface area contributed by atoms with Crippen molar-refractivity contribution in [3.05, 3.63) is 11.6 Å². The van der Waals surface area contributed by atoms with Crippen molar-refractivity contribution in [1.82, 2.24) is 0 Å². The standard InChI is InChI=1S/C26H44OS/c1-17(6-5-7-18(2)28)22-10-11-23-21-9-8-19-16-20(27)12-14-25(19,3)24(21)13-15-26(22,23)4/h8,17-18,20-24,27-28H,5-7,9-16H2,1-4H3/t17-,18?,20+,21+,22-,23+,24+,25+,26-/m1/s1. The van der Waals surface area contributed by atoms with Crippen LogP contribution < -0.4 is 0 Å². The zero-order chi connectivity index (χ0) is 20.1. The summed E-state index contributed by atoms with van der Waals surface area (Å²) in [6, 6.07) is 0. The Morgan fingerprint density at radius 3 is 2.61 bits per heavy atom. The van der Waals surface area contributed by atoms with Crippen LogP contribution in [0.15, 0.2) is 11.6 Å². The molecule has 0 aliphatic heterocycles.